The molecule has 6 nitrogen and oxygen atoms in total. The van der Waals surface area contributed by atoms with Crippen LogP contribution in [0.15, 0.2) is 49.7 Å². The normalized spacial score (nSPS) is 11.8. The molecule has 1 aromatic heterocycles. The van der Waals surface area contributed by atoms with Gasteiger partial charge in [-0.3, -0.25) is 14.7 Å². The fraction of sp³-hybridized carbons (Fsp3) is 0.250. The van der Waals surface area contributed by atoms with Crippen molar-refractivity contribution in [2.45, 2.75) is 6.42 Å². The molecule has 0 radical (unpaired) electrons. The predicted octanol–water partition coefficient (Wildman–Crippen LogP) is 2.86. The molecule has 0 aliphatic carbocycles. The highest BCUT2D eigenvalue weighted by Crippen LogP contribution is 2.40. The lowest BCUT2D eigenvalue weighted by Gasteiger charge is -2.18. The second kappa shape index (κ2) is 7.62. The van der Waals surface area contributed by atoms with Crippen molar-refractivity contribution < 1.29 is 18.9 Å². The number of rotatable bonds is 9. The molecule has 0 spiro atoms. The molecule has 1 aromatic carbocycles. The smallest absolute Gasteiger partial charge is 0.402 e. The molecule has 0 saturated heterocycles. The molecule has 0 atom stereocenters. The second-order valence-corrected chi connectivity index (χ2v) is 6.33. The van der Waals surface area contributed by atoms with Crippen molar-refractivity contribution in [3.05, 3.63) is 55.3 Å². The van der Waals surface area contributed by atoms with Gasteiger partial charge in [0.2, 0.25) is 0 Å². The molecule has 0 aliphatic heterocycles. The molecule has 23 heavy (non-hydrogen) atoms. The lowest BCUT2D eigenvalue weighted by molar-refractivity contribution is 0.284. The summed E-state index contributed by atoms with van der Waals surface area (Å²) < 4.78 is 15.8. The number of H-pyrrole nitrogens is 1. The third-order valence-electron chi connectivity index (χ3n) is 3.45. The Morgan fingerprint density at radius 1 is 1.26 bits per heavy atom. The van der Waals surface area contributed by atoms with E-state index in [9.17, 15) is 4.57 Å². The predicted molar refractivity (Wildman–Crippen MR) is 91.5 cm³/mol. The van der Waals surface area contributed by atoms with E-state index in [1.165, 1.54) is 6.07 Å². The van der Waals surface area contributed by atoms with Crippen LogP contribution >= 0.6 is 7.82 Å². The average molecular weight is 336 g/mol. The quantitative estimate of drug-likeness (QED) is 0.484. The summed E-state index contributed by atoms with van der Waals surface area (Å²) in [4.78, 5) is 23.2. The Balaban J connectivity index is 2.19. The van der Waals surface area contributed by atoms with Crippen LogP contribution in [0.2, 0.25) is 0 Å². The fourth-order valence-corrected chi connectivity index (χ4v) is 2.90. The van der Waals surface area contributed by atoms with E-state index in [2.05, 4.69) is 23.0 Å². The van der Waals surface area contributed by atoms with Crippen molar-refractivity contribution in [1.29, 1.82) is 0 Å². The molecule has 0 unspecified atom stereocenters. The number of benzene rings is 1. The summed E-state index contributed by atoms with van der Waals surface area (Å²) >= 11 is 0. The summed E-state index contributed by atoms with van der Waals surface area (Å²) in [5.74, 6) is 0.149. The van der Waals surface area contributed by atoms with Crippen LogP contribution < -0.4 is 4.52 Å². The Bertz CT molecular complexity index is 725. The number of para-hydroxylation sites is 1. The number of aromatic amines is 1. The van der Waals surface area contributed by atoms with Gasteiger partial charge in [0.15, 0.2) is 5.75 Å². The molecule has 124 valence electrons. The number of nitrogens with zero attached hydrogens (tertiary/aromatic N) is 1. The number of phosphoric ester groups is 1. The maximum Gasteiger partial charge on any atom is 0.524 e. The van der Waals surface area contributed by atoms with E-state index in [-0.39, 0.29) is 5.75 Å². The number of aromatic nitrogens is 1. The van der Waals surface area contributed by atoms with Gasteiger partial charge in [0.25, 0.3) is 0 Å². The largest absolute Gasteiger partial charge is 0.524 e. The van der Waals surface area contributed by atoms with Crippen LogP contribution in [-0.2, 0) is 11.0 Å². The van der Waals surface area contributed by atoms with Gasteiger partial charge in [-0.15, -0.1) is 13.2 Å². The van der Waals surface area contributed by atoms with Crippen LogP contribution in [0.5, 0.6) is 5.75 Å². The zero-order chi connectivity index (χ0) is 16.9. The van der Waals surface area contributed by atoms with Gasteiger partial charge in [0.1, 0.15) is 0 Å². The van der Waals surface area contributed by atoms with Gasteiger partial charge in [0, 0.05) is 31.2 Å². The topological polar surface area (TPSA) is 85.8 Å². The van der Waals surface area contributed by atoms with Crippen LogP contribution in [0, 0.1) is 0 Å². The summed E-state index contributed by atoms with van der Waals surface area (Å²) in [6, 6.07) is 5.15. The minimum atomic E-state index is -4.58. The standard InChI is InChI=1S/C16H21N2O4P/c1-3-9-18(10-4-2)11-8-13-12-17-16-14(13)6-5-7-15(16)22-23(19,20)21/h3-7,12,17H,1-2,8-11H2,(H2,19,20,21). The van der Waals surface area contributed by atoms with Gasteiger partial charge in [-0.25, -0.2) is 4.57 Å². The zero-order valence-electron chi connectivity index (χ0n) is 12.8. The Kier molecular flexibility index (Phi) is 5.80. The number of hydrogen-bond acceptors (Lipinski definition) is 3. The number of fused-ring (bicyclic) bond motifs is 1. The summed E-state index contributed by atoms with van der Waals surface area (Å²) in [5, 5.41) is 0.896. The van der Waals surface area contributed by atoms with Crippen LogP contribution in [0.4, 0.5) is 0 Å². The van der Waals surface area contributed by atoms with Crippen molar-refractivity contribution in [3.8, 4) is 5.75 Å². The Labute approximate surface area is 135 Å². The van der Waals surface area contributed by atoms with Gasteiger partial charge < -0.3 is 9.51 Å². The molecule has 0 saturated carbocycles. The second-order valence-electron chi connectivity index (χ2n) is 5.16. The van der Waals surface area contributed by atoms with Crippen LogP contribution in [0.3, 0.4) is 0 Å². The molecule has 0 bridgehead atoms. The number of hydrogen-bond donors (Lipinski definition) is 3. The van der Waals surface area contributed by atoms with Gasteiger partial charge in [-0.1, -0.05) is 24.3 Å². The third-order valence-corrected chi connectivity index (χ3v) is 3.89. The maximum absolute atomic E-state index is 11.0. The molecule has 1 heterocycles. The summed E-state index contributed by atoms with van der Waals surface area (Å²) in [6.07, 6.45) is 6.34. The highest BCUT2D eigenvalue weighted by molar-refractivity contribution is 7.46. The number of nitrogens with one attached hydrogen (secondary N) is 1. The Morgan fingerprint density at radius 3 is 2.57 bits per heavy atom. The molecule has 0 aliphatic rings. The van der Waals surface area contributed by atoms with Crippen molar-refractivity contribution >= 4 is 18.7 Å². The molecule has 0 amide bonds. The van der Waals surface area contributed by atoms with E-state index in [0.717, 1.165) is 37.0 Å². The SMILES string of the molecule is C=CCN(CC=C)CCc1c[nH]c2c(OP(=O)(O)O)cccc12. The summed E-state index contributed by atoms with van der Waals surface area (Å²) in [6.45, 7) is 9.89. The molecule has 0 fully saturated rings. The lowest BCUT2D eigenvalue weighted by atomic mass is 10.1. The monoisotopic (exact) mass is 336 g/mol. The first-order valence-corrected chi connectivity index (χ1v) is 8.76. The van der Waals surface area contributed by atoms with Crippen molar-refractivity contribution in [2.75, 3.05) is 19.6 Å². The van der Waals surface area contributed by atoms with Gasteiger partial charge >= 0.3 is 7.82 Å². The van der Waals surface area contributed by atoms with Crippen LogP contribution in [0.1, 0.15) is 5.56 Å². The van der Waals surface area contributed by atoms with E-state index in [1.54, 1.807) is 6.07 Å². The van der Waals surface area contributed by atoms with E-state index < -0.39 is 7.82 Å². The Morgan fingerprint density at radius 2 is 1.96 bits per heavy atom. The molecule has 2 aromatic rings. The van der Waals surface area contributed by atoms with E-state index in [4.69, 9.17) is 14.3 Å². The minimum Gasteiger partial charge on any atom is -0.402 e. The van der Waals surface area contributed by atoms with Crippen molar-refractivity contribution in [3.63, 3.8) is 0 Å². The molecule has 7 heteroatoms. The van der Waals surface area contributed by atoms with E-state index in [1.807, 2.05) is 24.4 Å². The molecule has 2 rings (SSSR count). The first-order valence-electron chi connectivity index (χ1n) is 7.23. The van der Waals surface area contributed by atoms with Gasteiger partial charge in [-0.2, -0.15) is 0 Å². The first kappa shape index (κ1) is 17.5. The Hall–Kier alpha value is -1.85. The van der Waals surface area contributed by atoms with Crippen molar-refractivity contribution in [2.24, 2.45) is 0 Å². The van der Waals surface area contributed by atoms with E-state index in [0.29, 0.717) is 5.52 Å². The van der Waals surface area contributed by atoms with Gasteiger partial charge in [0.05, 0.1) is 5.52 Å². The lowest BCUT2D eigenvalue weighted by Crippen LogP contribution is -2.26. The summed E-state index contributed by atoms with van der Waals surface area (Å²) in [7, 11) is -4.58. The number of phosphoric acid groups is 1. The summed E-state index contributed by atoms with van der Waals surface area (Å²) in [5.41, 5.74) is 1.65. The fourth-order valence-electron chi connectivity index (χ4n) is 2.50. The van der Waals surface area contributed by atoms with Gasteiger partial charge in [-0.05, 0) is 18.1 Å². The molecule has 3 N–H and O–H groups in total. The molecular weight excluding hydrogens is 315 g/mol. The van der Waals surface area contributed by atoms with Crippen LogP contribution in [-0.4, -0.2) is 39.3 Å². The third kappa shape index (κ3) is 4.81. The first-order chi connectivity index (χ1) is 10.9. The maximum atomic E-state index is 11.0. The minimum absolute atomic E-state index is 0.149. The van der Waals surface area contributed by atoms with Crippen LogP contribution in [0.25, 0.3) is 10.9 Å². The average Bonchev–Trinajstić information content (AvgIpc) is 2.88. The van der Waals surface area contributed by atoms with E-state index >= 15 is 0 Å². The molecular formula is C16H21N2O4P. The zero-order valence-corrected chi connectivity index (χ0v) is 13.7. The highest BCUT2D eigenvalue weighted by atomic mass is 31.2. The van der Waals surface area contributed by atoms with Crippen molar-refractivity contribution in [1.82, 2.24) is 9.88 Å². The highest BCUT2D eigenvalue weighted by Gasteiger charge is 2.19.